The van der Waals surface area contributed by atoms with E-state index in [2.05, 4.69) is 15.6 Å². The van der Waals surface area contributed by atoms with Gasteiger partial charge in [0.25, 0.3) is 5.91 Å². The molecule has 17 heavy (non-hydrogen) atoms. The second kappa shape index (κ2) is 7.05. The molecule has 5 heteroatoms. The third-order valence-electron chi connectivity index (χ3n) is 1.76. The molecule has 0 aliphatic carbocycles. The van der Waals surface area contributed by atoms with Crippen LogP contribution in [0.5, 0.6) is 0 Å². The third kappa shape index (κ3) is 5.36. The molecule has 0 aliphatic rings. The molecule has 0 atom stereocenters. The number of hydrogen-bond acceptors (Lipinski definition) is 4. The van der Waals surface area contributed by atoms with Gasteiger partial charge in [0.1, 0.15) is 0 Å². The largest absolute Gasteiger partial charge is 0.463 e. The molecule has 0 fully saturated rings. The molecule has 2 N–H and O–H groups in total. The average molecular weight is 234 g/mol. The summed E-state index contributed by atoms with van der Waals surface area (Å²) in [6, 6.07) is 9.14. The molecule has 0 bridgehead atoms. The molecule has 0 heterocycles. The molecular weight excluding hydrogens is 220 g/mol. The maximum Gasteiger partial charge on any atom is 0.330 e. The fourth-order valence-electron chi connectivity index (χ4n) is 1.03. The van der Waals surface area contributed by atoms with Crippen molar-refractivity contribution < 1.29 is 14.3 Å². The number of carbonyl (C=O) groups excluding carboxylic acids is 2. The number of ether oxygens (including phenoxy) is 1. The molecule has 0 saturated carbocycles. The summed E-state index contributed by atoms with van der Waals surface area (Å²) in [5, 5.41) is 0. The molecular formula is C12H14N2O3. The van der Waals surface area contributed by atoms with E-state index in [-0.39, 0.29) is 6.61 Å². The first kappa shape index (κ1) is 12.8. The van der Waals surface area contributed by atoms with E-state index in [0.29, 0.717) is 0 Å². The van der Waals surface area contributed by atoms with E-state index in [1.165, 1.54) is 0 Å². The van der Waals surface area contributed by atoms with Crippen LogP contribution in [0.4, 0.5) is 5.69 Å². The van der Waals surface area contributed by atoms with Crippen LogP contribution in [0, 0.1) is 0 Å². The maximum absolute atomic E-state index is 11.3. The zero-order chi connectivity index (χ0) is 12.5. The number of para-hydroxylation sites is 1. The smallest absolute Gasteiger partial charge is 0.330 e. The molecule has 0 spiro atoms. The van der Waals surface area contributed by atoms with E-state index < -0.39 is 11.9 Å². The van der Waals surface area contributed by atoms with Crippen molar-refractivity contribution in [3.05, 3.63) is 42.5 Å². The van der Waals surface area contributed by atoms with Crippen LogP contribution in [0.15, 0.2) is 42.5 Å². The van der Waals surface area contributed by atoms with Crippen LogP contribution in [-0.4, -0.2) is 18.5 Å². The normalized spacial score (nSPS) is 9.94. The summed E-state index contributed by atoms with van der Waals surface area (Å²) in [5.41, 5.74) is 5.87. The number of anilines is 1. The second-order valence-corrected chi connectivity index (χ2v) is 3.07. The lowest BCUT2D eigenvalue weighted by Crippen LogP contribution is -2.27. The summed E-state index contributed by atoms with van der Waals surface area (Å²) in [4.78, 5) is 22.2. The van der Waals surface area contributed by atoms with Gasteiger partial charge < -0.3 is 4.74 Å². The minimum atomic E-state index is -0.539. The highest BCUT2D eigenvalue weighted by molar-refractivity contribution is 5.94. The first-order valence-electron chi connectivity index (χ1n) is 5.18. The first-order valence-corrected chi connectivity index (χ1v) is 5.18. The van der Waals surface area contributed by atoms with Gasteiger partial charge in [-0.3, -0.25) is 15.6 Å². The predicted molar refractivity (Wildman–Crippen MR) is 64.0 cm³/mol. The van der Waals surface area contributed by atoms with Gasteiger partial charge in [-0.2, -0.15) is 0 Å². The average Bonchev–Trinajstić information content (AvgIpc) is 2.35. The highest BCUT2D eigenvalue weighted by Gasteiger charge is 1.98. The number of rotatable bonds is 5. The minimum absolute atomic E-state index is 0.285. The van der Waals surface area contributed by atoms with E-state index >= 15 is 0 Å². The Morgan fingerprint density at radius 2 is 1.94 bits per heavy atom. The van der Waals surface area contributed by atoms with E-state index in [4.69, 9.17) is 0 Å². The van der Waals surface area contributed by atoms with Crippen molar-refractivity contribution in [2.24, 2.45) is 0 Å². The van der Waals surface area contributed by atoms with Gasteiger partial charge in [-0.15, -0.1) is 0 Å². The summed E-state index contributed by atoms with van der Waals surface area (Å²) in [7, 11) is 0. The summed E-state index contributed by atoms with van der Waals surface area (Å²) in [6.07, 6.45) is 2.18. The van der Waals surface area contributed by atoms with Crippen LogP contribution < -0.4 is 10.9 Å². The third-order valence-corrected chi connectivity index (χ3v) is 1.76. The Morgan fingerprint density at radius 3 is 2.59 bits per heavy atom. The van der Waals surface area contributed by atoms with Gasteiger partial charge in [0.2, 0.25) is 0 Å². The minimum Gasteiger partial charge on any atom is -0.463 e. The van der Waals surface area contributed by atoms with Crippen LogP contribution >= 0.6 is 0 Å². The highest BCUT2D eigenvalue weighted by Crippen LogP contribution is 2.02. The number of amides is 1. The molecule has 0 saturated heterocycles. The van der Waals surface area contributed by atoms with Crippen LogP contribution in [0.3, 0.4) is 0 Å². The van der Waals surface area contributed by atoms with E-state index in [1.54, 1.807) is 19.1 Å². The highest BCUT2D eigenvalue weighted by atomic mass is 16.5. The number of benzene rings is 1. The van der Waals surface area contributed by atoms with Crippen molar-refractivity contribution in [2.75, 3.05) is 12.0 Å². The lowest BCUT2D eigenvalue weighted by Gasteiger charge is -2.05. The quantitative estimate of drug-likeness (QED) is 0.457. The van der Waals surface area contributed by atoms with Crippen LogP contribution in [0.2, 0.25) is 0 Å². The Hall–Kier alpha value is -2.30. The number of nitrogens with one attached hydrogen (secondary N) is 2. The van der Waals surface area contributed by atoms with Crippen molar-refractivity contribution in [1.82, 2.24) is 5.43 Å². The standard InChI is InChI=1S/C12H14N2O3/c1-2-17-12(16)9-8-11(15)14-13-10-6-4-3-5-7-10/h3-9,13H,2H2,1H3,(H,14,15)/b9-8+. The van der Waals surface area contributed by atoms with Gasteiger partial charge in [0.05, 0.1) is 12.3 Å². The lowest BCUT2D eigenvalue weighted by molar-refractivity contribution is -0.137. The number of esters is 1. The summed E-state index contributed by atoms with van der Waals surface area (Å²) < 4.78 is 4.63. The first-order chi connectivity index (χ1) is 8.22. The fourth-order valence-corrected chi connectivity index (χ4v) is 1.03. The number of carbonyl (C=O) groups is 2. The van der Waals surface area contributed by atoms with E-state index in [0.717, 1.165) is 17.8 Å². The Morgan fingerprint density at radius 1 is 1.24 bits per heavy atom. The van der Waals surface area contributed by atoms with Crippen LogP contribution in [-0.2, 0) is 14.3 Å². The monoisotopic (exact) mass is 234 g/mol. The summed E-state index contributed by atoms with van der Waals surface area (Å²) in [6.45, 7) is 1.98. The van der Waals surface area contributed by atoms with Crippen molar-refractivity contribution in [2.45, 2.75) is 6.92 Å². The molecule has 0 aliphatic heterocycles. The number of hydrazine groups is 1. The predicted octanol–water partition coefficient (Wildman–Crippen LogP) is 1.25. The van der Waals surface area contributed by atoms with Gasteiger partial charge in [-0.1, -0.05) is 18.2 Å². The SMILES string of the molecule is CCOC(=O)/C=C/C(=O)NNc1ccccc1. The van der Waals surface area contributed by atoms with Crippen molar-refractivity contribution in [3.8, 4) is 0 Å². The molecule has 1 aromatic rings. The second-order valence-electron chi connectivity index (χ2n) is 3.07. The molecule has 5 nitrogen and oxygen atoms in total. The molecule has 1 amide bonds. The number of hydrogen-bond donors (Lipinski definition) is 2. The van der Waals surface area contributed by atoms with Gasteiger partial charge in [0.15, 0.2) is 0 Å². The zero-order valence-electron chi connectivity index (χ0n) is 9.47. The van der Waals surface area contributed by atoms with Crippen LogP contribution in [0.1, 0.15) is 6.92 Å². The molecule has 1 aromatic carbocycles. The fraction of sp³-hybridized carbons (Fsp3) is 0.167. The van der Waals surface area contributed by atoms with E-state index in [9.17, 15) is 9.59 Å². The van der Waals surface area contributed by atoms with Gasteiger partial charge in [0, 0.05) is 12.2 Å². The Labute approximate surface area is 99.4 Å². The van der Waals surface area contributed by atoms with Gasteiger partial charge in [-0.05, 0) is 19.1 Å². The molecule has 0 aromatic heterocycles. The van der Waals surface area contributed by atoms with Gasteiger partial charge in [-0.25, -0.2) is 4.79 Å². The Kier molecular flexibility index (Phi) is 5.30. The summed E-state index contributed by atoms with van der Waals surface area (Å²) >= 11 is 0. The zero-order valence-corrected chi connectivity index (χ0v) is 9.47. The Bertz CT molecular complexity index is 401. The van der Waals surface area contributed by atoms with Crippen LogP contribution in [0.25, 0.3) is 0 Å². The van der Waals surface area contributed by atoms with Gasteiger partial charge >= 0.3 is 5.97 Å². The Balaban J connectivity index is 2.33. The van der Waals surface area contributed by atoms with Crippen molar-refractivity contribution in [3.63, 3.8) is 0 Å². The van der Waals surface area contributed by atoms with Crippen molar-refractivity contribution >= 4 is 17.6 Å². The van der Waals surface area contributed by atoms with E-state index in [1.807, 2.05) is 18.2 Å². The van der Waals surface area contributed by atoms with Crippen molar-refractivity contribution in [1.29, 1.82) is 0 Å². The topological polar surface area (TPSA) is 67.4 Å². The maximum atomic E-state index is 11.3. The molecule has 0 unspecified atom stereocenters. The molecule has 0 radical (unpaired) electrons. The molecule has 1 rings (SSSR count). The summed E-state index contributed by atoms with van der Waals surface area (Å²) in [5.74, 6) is -0.968. The lowest BCUT2D eigenvalue weighted by atomic mass is 10.3. The molecule has 90 valence electrons.